The molecule has 0 bridgehead atoms. The van der Waals surface area contributed by atoms with Gasteiger partial charge in [0.25, 0.3) is 0 Å². The summed E-state index contributed by atoms with van der Waals surface area (Å²) in [5.74, 6) is 5.83. The van der Waals surface area contributed by atoms with Gasteiger partial charge in [-0.05, 0) is 49.3 Å². The first-order chi connectivity index (χ1) is 10.6. The van der Waals surface area contributed by atoms with Gasteiger partial charge in [0.2, 0.25) is 0 Å². The van der Waals surface area contributed by atoms with E-state index in [1.54, 1.807) is 0 Å². The lowest BCUT2D eigenvalue weighted by Crippen LogP contribution is -2.52. The van der Waals surface area contributed by atoms with Gasteiger partial charge in [-0.1, -0.05) is 53.5 Å². The topological polar surface area (TPSA) is 18.5 Å². The Morgan fingerprint density at radius 3 is 1.67 bits per heavy atom. The number of rotatable bonds is 5. The van der Waals surface area contributed by atoms with Crippen LogP contribution in [0.25, 0.3) is 0 Å². The quantitative estimate of drug-likeness (QED) is 0.322. The predicted octanol–water partition coefficient (Wildman–Crippen LogP) is 6.33. The average molecular weight is 367 g/mol. The van der Waals surface area contributed by atoms with Gasteiger partial charge in [-0.2, -0.15) is 0 Å². The van der Waals surface area contributed by atoms with Crippen molar-refractivity contribution in [2.75, 3.05) is 0 Å². The molecule has 1 aliphatic rings. The van der Waals surface area contributed by atoms with Crippen LogP contribution in [-0.4, -0.2) is 22.4 Å². The fourth-order valence-electron chi connectivity index (χ4n) is 2.14. The number of allylic oxidation sites excluding steroid dienone is 1. The lowest BCUT2D eigenvalue weighted by atomic mass is 10.2. The predicted molar refractivity (Wildman–Crippen MR) is 110 cm³/mol. The third kappa shape index (κ3) is 4.85. The Balaban J connectivity index is 3.10. The van der Waals surface area contributed by atoms with Gasteiger partial charge in [-0.3, -0.25) is 0 Å². The molecule has 1 atom stereocenters. The smallest absolute Gasteiger partial charge is 0.195 e. The van der Waals surface area contributed by atoms with E-state index < -0.39 is 22.4 Å². The largest absolute Gasteiger partial charge is 0.390 e. The maximum atomic E-state index is 6.83. The van der Waals surface area contributed by atoms with Crippen molar-refractivity contribution in [1.29, 1.82) is 0 Å². The second kappa shape index (κ2) is 6.76. The van der Waals surface area contributed by atoms with Crippen LogP contribution in [-0.2, 0) is 8.85 Å². The van der Waals surface area contributed by atoms with Crippen molar-refractivity contribution in [2.24, 2.45) is 5.92 Å². The Morgan fingerprint density at radius 1 is 0.917 bits per heavy atom. The minimum Gasteiger partial charge on any atom is -0.390 e. The summed E-state index contributed by atoms with van der Waals surface area (Å²) in [7, 11) is -3.80. The lowest BCUT2D eigenvalue weighted by molar-refractivity contribution is -0.0525. The van der Waals surface area contributed by atoms with Crippen LogP contribution in [0, 0.1) is 17.8 Å². The maximum absolute atomic E-state index is 6.83. The number of hydrogen-bond donors (Lipinski definition) is 0. The highest BCUT2D eigenvalue weighted by Gasteiger charge is 2.62. The fraction of sp³-hybridized carbons (Fsp3) is 0.800. The van der Waals surface area contributed by atoms with Gasteiger partial charge < -0.3 is 8.85 Å². The molecule has 0 saturated heterocycles. The highest BCUT2D eigenvalue weighted by atomic mass is 28.4. The van der Waals surface area contributed by atoms with E-state index in [0.717, 1.165) is 6.42 Å². The van der Waals surface area contributed by atoms with Crippen molar-refractivity contribution >= 4 is 16.6 Å². The van der Waals surface area contributed by atoms with Crippen LogP contribution >= 0.6 is 0 Å². The van der Waals surface area contributed by atoms with Gasteiger partial charge in [0, 0.05) is 12.3 Å². The van der Waals surface area contributed by atoms with E-state index in [9.17, 15) is 0 Å². The van der Waals surface area contributed by atoms with E-state index in [1.165, 1.54) is 0 Å². The highest BCUT2D eigenvalue weighted by Crippen LogP contribution is 2.56. The van der Waals surface area contributed by atoms with Gasteiger partial charge in [0.15, 0.2) is 22.4 Å². The molecule has 2 nitrogen and oxygen atoms in total. The standard InChI is InChI=1S/C20H38O2Si2/c1-12-13-14-15-17-16-20(17,21-23(8,9)18(2,3)4)22-24(10,11)19(5,6)7/h14-15,17H,16H2,1-11H3/b15-14+. The molecule has 0 aromatic heterocycles. The Hall–Kier alpha value is -0.346. The molecule has 0 N–H and O–H groups in total. The minimum atomic E-state index is -1.90. The minimum absolute atomic E-state index is 0.177. The molecule has 0 aliphatic heterocycles. The van der Waals surface area contributed by atoms with Crippen molar-refractivity contribution in [3.05, 3.63) is 12.2 Å². The number of hydrogen-bond acceptors (Lipinski definition) is 2. The molecule has 24 heavy (non-hydrogen) atoms. The molecular weight excluding hydrogens is 328 g/mol. The van der Waals surface area contributed by atoms with E-state index in [2.05, 4.69) is 85.6 Å². The van der Waals surface area contributed by atoms with Gasteiger partial charge in [-0.15, -0.1) is 5.92 Å². The summed E-state index contributed by atoms with van der Waals surface area (Å²) >= 11 is 0. The Kier molecular flexibility index (Phi) is 6.11. The van der Waals surface area contributed by atoms with E-state index in [1.807, 2.05) is 13.0 Å². The molecule has 1 saturated carbocycles. The zero-order chi connectivity index (χ0) is 19.0. The Morgan fingerprint density at radius 2 is 1.33 bits per heavy atom. The first-order valence-electron chi connectivity index (χ1n) is 9.07. The Labute approximate surface area is 152 Å². The monoisotopic (exact) mass is 366 g/mol. The second-order valence-electron chi connectivity index (χ2n) is 10.1. The molecule has 0 amide bonds. The molecule has 1 unspecified atom stereocenters. The summed E-state index contributed by atoms with van der Waals surface area (Å²) in [6.45, 7) is 24.8. The van der Waals surface area contributed by atoms with Crippen LogP contribution in [0.4, 0.5) is 0 Å². The van der Waals surface area contributed by atoms with Gasteiger partial charge in [-0.25, -0.2) is 0 Å². The zero-order valence-electron chi connectivity index (χ0n) is 17.8. The summed E-state index contributed by atoms with van der Waals surface area (Å²) < 4.78 is 13.7. The first-order valence-corrected chi connectivity index (χ1v) is 14.9. The van der Waals surface area contributed by atoms with Gasteiger partial charge in [0.05, 0.1) is 0 Å². The SMILES string of the molecule is CC#C/C=C/C1CC1(O[Si](C)(C)C(C)(C)C)O[Si](C)(C)C(C)(C)C. The van der Waals surface area contributed by atoms with Crippen molar-refractivity contribution in [3.63, 3.8) is 0 Å². The zero-order valence-corrected chi connectivity index (χ0v) is 19.8. The third-order valence-electron chi connectivity index (χ3n) is 5.93. The first kappa shape index (κ1) is 21.7. The van der Waals surface area contributed by atoms with Crippen LogP contribution < -0.4 is 0 Å². The molecule has 1 aliphatic carbocycles. The summed E-state index contributed by atoms with van der Waals surface area (Å²) in [6.07, 6.45) is 5.08. The molecule has 138 valence electrons. The summed E-state index contributed by atoms with van der Waals surface area (Å²) in [5, 5.41) is 0.355. The Bertz CT molecular complexity index is 509. The van der Waals surface area contributed by atoms with Crippen molar-refractivity contribution in [2.45, 2.75) is 96.9 Å². The molecule has 1 rings (SSSR count). The summed E-state index contributed by atoms with van der Waals surface area (Å²) in [6, 6.07) is 0. The van der Waals surface area contributed by atoms with Crippen LogP contribution in [0.2, 0.25) is 36.3 Å². The van der Waals surface area contributed by atoms with Gasteiger partial charge >= 0.3 is 0 Å². The van der Waals surface area contributed by atoms with Gasteiger partial charge in [0.1, 0.15) is 0 Å². The van der Waals surface area contributed by atoms with Crippen molar-refractivity contribution in [1.82, 2.24) is 0 Å². The normalized spacial score (nSPS) is 21.5. The van der Waals surface area contributed by atoms with Crippen molar-refractivity contribution in [3.8, 4) is 11.8 Å². The summed E-state index contributed by atoms with van der Waals surface area (Å²) in [5.41, 5.74) is 0. The molecule has 0 aromatic carbocycles. The van der Waals surface area contributed by atoms with Crippen LogP contribution in [0.15, 0.2) is 12.2 Å². The molecule has 0 radical (unpaired) electrons. The van der Waals surface area contributed by atoms with Crippen LogP contribution in [0.3, 0.4) is 0 Å². The molecule has 4 heteroatoms. The maximum Gasteiger partial charge on any atom is 0.195 e. The molecular formula is C20H38O2Si2. The summed E-state index contributed by atoms with van der Waals surface area (Å²) in [4.78, 5) is 0. The third-order valence-corrected chi connectivity index (χ3v) is 14.9. The molecule has 1 fully saturated rings. The molecule has 0 heterocycles. The van der Waals surface area contributed by atoms with E-state index >= 15 is 0 Å². The molecule has 0 spiro atoms. The van der Waals surface area contributed by atoms with Crippen molar-refractivity contribution < 1.29 is 8.85 Å². The second-order valence-corrected chi connectivity index (χ2v) is 19.6. The van der Waals surface area contributed by atoms with E-state index in [4.69, 9.17) is 8.85 Å². The lowest BCUT2D eigenvalue weighted by Gasteiger charge is -2.45. The van der Waals surface area contributed by atoms with Crippen LogP contribution in [0.5, 0.6) is 0 Å². The van der Waals surface area contributed by atoms with E-state index in [-0.39, 0.29) is 10.1 Å². The van der Waals surface area contributed by atoms with Crippen LogP contribution in [0.1, 0.15) is 54.9 Å². The highest BCUT2D eigenvalue weighted by molar-refractivity contribution is 6.75. The average Bonchev–Trinajstić information content (AvgIpc) is 2.97. The fourth-order valence-corrected chi connectivity index (χ4v) is 5.11. The van der Waals surface area contributed by atoms with E-state index in [0.29, 0.717) is 5.92 Å². The molecule has 0 aromatic rings.